The van der Waals surface area contributed by atoms with Crippen molar-refractivity contribution in [2.24, 2.45) is 0 Å². The first-order valence-electron chi connectivity index (χ1n) is 5.44. The number of hydrogen-bond donors (Lipinski definition) is 0. The van der Waals surface area contributed by atoms with Crippen molar-refractivity contribution in [3.8, 4) is 0 Å². The third-order valence-electron chi connectivity index (χ3n) is 3.00. The minimum absolute atomic E-state index is 0.170. The summed E-state index contributed by atoms with van der Waals surface area (Å²) in [5, 5.41) is 13.3. The van der Waals surface area contributed by atoms with Crippen LogP contribution in [0.25, 0.3) is 0 Å². The zero-order valence-electron chi connectivity index (χ0n) is 8.85. The van der Waals surface area contributed by atoms with Crippen LogP contribution in [0.4, 0.5) is 0 Å². The van der Waals surface area contributed by atoms with Gasteiger partial charge in [0, 0.05) is 19.4 Å². The topological polar surface area (TPSA) is 80.7 Å². The third-order valence-corrected chi connectivity index (χ3v) is 3.00. The minimum atomic E-state index is -1.28. The summed E-state index contributed by atoms with van der Waals surface area (Å²) in [4.78, 5) is 34.4. The molecule has 88 valence electrons. The van der Waals surface area contributed by atoms with Gasteiger partial charge in [0.2, 0.25) is 11.8 Å². The van der Waals surface area contributed by atoms with Crippen molar-refractivity contribution >= 4 is 17.8 Å². The molecule has 6 nitrogen and oxygen atoms in total. The van der Waals surface area contributed by atoms with Gasteiger partial charge in [-0.05, 0) is 19.3 Å². The fourth-order valence-electron chi connectivity index (χ4n) is 2.24. The zero-order valence-corrected chi connectivity index (χ0v) is 8.85. The number of aliphatic carboxylic acids is 1. The van der Waals surface area contributed by atoms with Crippen LogP contribution < -0.4 is 5.11 Å². The van der Waals surface area contributed by atoms with Gasteiger partial charge in [-0.3, -0.25) is 14.6 Å². The molecule has 0 saturated carbocycles. The van der Waals surface area contributed by atoms with Crippen molar-refractivity contribution in [3.05, 3.63) is 0 Å². The number of nitrogens with zero attached hydrogens (tertiary/aromatic N) is 2. The fourth-order valence-corrected chi connectivity index (χ4v) is 2.24. The fraction of sp³-hybridized carbons (Fsp3) is 0.700. The Kier molecular flexibility index (Phi) is 2.80. The monoisotopic (exact) mass is 225 g/mol. The molecule has 2 aliphatic heterocycles. The number of hydrazine groups is 1. The average Bonchev–Trinajstić information content (AvgIpc) is 2.40. The Morgan fingerprint density at radius 1 is 1.19 bits per heavy atom. The number of amides is 2. The molecule has 1 unspecified atom stereocenters. The van der Waals surface area contributed by atoms with E-state index < -0.39 is 12.0 Å². The molecule has 0 aromatic rings. The molecule has 2 amide bonds. The van der Waals surface area contributed by atoms with Crippen molar-refractivity contribution < 1.29 is 19.5 Å². The van der Waals surface area contributed by atoms with Gasteiger partial charge in [0.05, 0.1) is 12.0 Å². The molecule has 2 saturated heterocycles. The molecule has 0 aromatic carbocycles. The molecule has 0 aromatic heterocycles. The van der Waals surface area contributed by atoms with Crippen LogP contribution in [0.1, 0.15) is 32.1 Å². The van der Waals surface area contributed by atoms with E-state index in [0.29, 0.717) is 32.2 Å². The van der Waals surface area contributed by atoms with E-state index in [2.05, 4.69) is 0 Å². The summed E-state index contributed by atoms with van der Waals surface area (Å²) in [5.74, 6) is -1.75. The van der Waals surface area contributed by atoms with E-state index in [1.165, 1.54) is 5.01 Å². The highest BCUT2D eigenvalue weighted by Crippen LogP contribution is 2.23. The lowest BCUT2D eigenvalue weighted by molar-refractivity contribution is -0.315. The zero-order chi connectivity index (χ0) is 11.7. The van der Waals surface area contributed by atoms with Gasteiger partial charge < -0.3 is 9.90 Å². The number of carbonyl (C=O) groups is 3. The standard InChI is InChI=1S/C10H14N2O4/c13-8-4-1-5-9(14)12-7(10(15)16)3-2-6-11(8)12/h7H,1-6H2,(H,15,16)/p-1. The third kappa shape index (κ3) is 1.75. The number of carboxylic acids is 1. The second kappa shape index (κ2) is 4.11. The van der Waals surface area contributed by atoms with E-state index in [1.807, 2.05) is 0 Å². The average molecular weight is 225 g/mol. The Hall–Kier alpha value is -1.59. The van der Waals surface area contributed by atoms with Gasteiger partial charge in [-0.15, -0.1) is 0 Å². The largest absolute Gasteiger partial charge is 0.548 e. The van der Waals surface area contributed by atoms with Gasteiger partial charge >= 0.3 is 0 Å². The predicted molar refractivity (Wildman–Crippen MR) is 50.4 cm³/mol. The molecule has 6 heteroatoms. The van der Waals surface area contributed by atoms with Crippen LogP contribution in [0.2, 0.25) is 0 Å². The van der Waals surface area contributed by atoms with Crippen molar-refractivity contribution in [2.45, 2.75) is 38.1 Å². The van der Waals surface area contributed by atoms with Crippen molar-refractivity contribution in [1.82, 2.24) is 10.0 Å². The van der Waals surface area contributed by atoms with E-state index in [4.69, 9.17) is 0 Å². The van der Waals surface area contributed by atoms with Gasteiger partial charge in [0.25, 0.3) is 0 Å². The number of fused-ring (bicyclic) bond motifs is 1. The maximum atomic E-state index is 11.7. The number of carboxylic acid groups (broad SMARTS) is 1. The second-order valence-corrected chi connectivity index (χ2v) is 4.09. The van der Waals surface area contributed by atoms with E-state index in [0.717, 1.165) is 5.01 Å². The molecule has 0 radical (unpaired) electrons. The van der Waals surface area contributed by atoms with Gasteiger partial charge in [0.1, 0.15) is 0 Å². The molecule has 0 aliphatic carbocycles. The summed E-state index contributed by atoms with van der Waals surface area (Å²) in [6.45, 7) is 0.425. The van der Waals surface area contributed by atoms with Crippen molar-refractivity contribution in [3.63, 3.8) is 0 Å². The minimum Gasteiger partial charge on any atom is -0.548 e. The Labute approximate surface area is 92.8 Å². The van der Waals surface area contributed by atoms with Crippen molar-refractivity contribution in [2.75, 3.05) is 6.54 Å². The van der Waals surface area contributed by atoms with Gasteiger partial charge in [0.15, 0.2) is 0 Å². The van der Waals surface area contributed by atoms with Gasteiger partial charge in [-0.1, -0.05) is 0 Å². The van der Waals surface area contributed by atoms with Crippen LogP contribution in [0.3, 0.4) is 0 Å². The molecule has 1 atom stereocenters. The molecule has 0 spiro atoms. The Morgan fingerprint density at radius 3 is 2.56 bits per heavy atom. The van der Waals surface area contributed by atoms with Crippen molar-refractivity contribution in [1.29, 1.82) is 0 Å². The Bertz CT molecular complexity index is 342. The molecular weight excluding hydrogens is 212 g/mol. The second-order valence-electron chi connectivity index (χ2n) is 4.09. The van der Waals surface area contributed by atoms with E-state index in [-0.39, 0.29) is 18.2 Å². The number of carbonyl (C=O) groups excluding carboxylic acids is 3. The van der Waals surface area contributed by atoms with Crippen LogP contribution >= 0.6 is 0 Å². The first kappa shape index (κ1) is 10.9. The smallest absolute Gasteiger partial charge is 0.241 e. The molecule has 0 N–H and O–H groups in total. The summed E-state index contributed by atoms with van der Waals surface area (Å²) < 4.78 is 0. The summed E-state index contributed by atoms with van der Waals surface area (Å²) >= 11 is 0. The van der Waals surface area contributed by atoms with E-state index in [9.17, 15) is 19.5 Å². The highest BCUT2D eigenvalue weighted by atomic mass is 16.4. The lowest BCUT2D eigenvalue weighted by Crippen LogP contribution is -2.61. The number of hydrogen-bond acceptors (Lipinski definition) is 4. The highest BCUT2D eigenvalue weighted by molar-refractivity contribution is 5.88. The first-order chi connectivity index (χ1) is 7.61. The van der Waals surface area contributed by atoms with Crippen LogP contribution in [-0.2, 0) is 14.4 Å². The van der Waals surface area contributed by atoms with Gasteiger partial charge in [-0.25, -0.2) is 5.01 Å². The van der Waals surface area contributed by atoms with E-state index >= 15 is 0 Å². The quantitative estimate of drug-likeness (QED) is 0.553. The normalized spacial score (nSPS) is 26.4. The summed E-state index contributed by atoms with van der Waals surface area (Å²) in [6, 6.07) is -0.983. The maximum absolute atomic E-state index is 11.7. The molecule has 16 heavy (non-hydrogen) atoms. The molecule has 2 rings (SSSR count). The van der Waals surface area contributed by atoms with Gasteiger partial charge in [-0.2, -0.15) is 0 Å². The summed E-state index contributed by atoms with van der Waals surface area (Å²) in [5.41, 5.74) is 0. The highest BCUT2D eigenvalue weighted by Gasteiger charge is 2.37. The lowest BCUT2D eigenvalue weighted by atomic mass is 10.1. The van der Waals surface area contributed by atoms with Crippen LogP contribution in [0, 0.1) is 0 Å². The molecular formula is C10H13N2O4-. The van der Waals surface area contributed by atoms with Crippen LogP contribution in [0.5, 0.6) is 0 Å². The maximum Gasteiger partial charge on any atom is 0.241 e. The SMILES string of the molecule is O=C([O-])C1CCCN2C(=O)CCCC(=O)N12. The van der Waals surface area contributed by atoms with Crippen LogP contribution in [-0.4, -0.2) is 40.4 Å². The number of rotatable bonds is 1. The van der Waals surface area contributed by atoms with Crippen LogP contribution in [0.15, 0.2) is 0 Å². The Balaban J connectivity index is 2.30. The molecule has 0 bridgehead atoms. The Morgan fingerprint density at radius 2 is 1.88 bits per heavy atom. The molecule has 2 fully saturated rings. The molecule has 2 aliphatic rings. The summed E-state index contributed by atoms with van der Waals surface area (Å²) in [6.07, 6.45) is 1.98. The summed E-state index contributed by atoms with van der Waals surface area (Å²) in [7, 11) is 0. The molecule has 2 heterocycles. The predicted octanol–water partition coefficient (Wildman–Crippen LogP) is -1.35. The van der Waals surface area contributed by atoms with E-state index in [1.54, 1.807) is 0 Å². The first-order valence-corrected chi connectivity index (χ1v) is 5.44. The lowest BCUT2D eigenvalue weighted by Gasteiger charge is -2.43.